The van der Waals surface area contributed by atoms with Crippen molar-refractivity contribution in [3.63, 3.8) is 0 Å². The molecular formula is C25H25N3O3S. The molecule has 0 bridgehead atoms. The second kappa shape index (κ2) is 10.3. The van der Waals surface area contributed by atoms with Crippen LogP contribution in [0.25, 0.3) is 11.0 Å². The molecule has 0 saturated carbocycles. The number of carbonyl (C=O) groups is 1. The predicted octanol–water partition coefficient (Wildman–Crippen LogP) is 4.33. The van der Waals surface area contributed by atoms with Crippen LogP contribution in [0.2, 0.25) is 0 Å². The molecule has 3 N–H and O–H groups in total. The van der Waals surface area contributed by atoms with E-state index >= 15 is 0 Å². The summed E-state index contributed by atoms with van der Waals surface area (Å²) in [6.07, 6.45) is -0.793. The number of H-pyrrole nitrogens is 1. The summed E-state index contributed by atoms with van der Waals surface area (Å²) in [5, 5.41) is 13.7. The van der Waals surface area contributed by atoms with Crippen LogP contribution in [-0.2, 0) is 5.75 Å². The van der Waals surface area contributed by atoms with Crippen molar-refractivity contribution in [3.05, 3.63) is 89.5 Å². The van der Waals surface area contributed by atoms with E-state index < -0.39 is 6.10 Å². The molecule has 4 aromatic rings. The number of hydrogen-bond acceptors (Lipinski definition) is 5. The number of hydrogen-bond donors (Lipinski definition) is 3. The highest BCUT2D eigenvalue weighted by Gasteiger charge is 2.10. The van der Waals surface area contributed by atoms with Gasteiger partial charge in [0.15, 0.2) is 5.16 Å². The van der Waals surface area contributed by atoms with Crippen LogP contribution in [0.15, 0.2) is 78.0 Å². The molecule has 0 radical (unpaired) electrons. The van der Waals surface area contributed by atoms with Gasteiger partial charge in [-0.2, -0.15) is 0 Å². The SMILES string of the molecule is Cc1cccc(OCC(O)CNC(=O)c2ccc(CSc3nc4ccccc4[nH]3)cc2)c1. The predicted molar refractivity (Wildman–Crippen MR) is 127 cm³/mol. The molecule has 0 aliphatic carbocycles. The zero-order valence-electron chi connectivity index (χ0n) is 17.7. The van der Waals surface area contributed by atoms with Gasteiger partial charge < -0.3 is 20.1 Å². The van der Waals surface area contributed by atoms with E-state index in [4.69, 9.17) is 4.74 Å². The van der Waals surface area contributed by atoms with Crippen LogP contribution in [-0.4, -0.2) is 40.2 Å². The number of amides is 1. The number of rotatable bonds is 9. The molecule has 1 unspecified atom stereocenters. The van der Waals surface area contributed by atoms with Gasteiger partial charge in [0.1, 0.15) is 18.5 Å². The summed E-state index contributed by atoms with van der Waals surface area (Å²) in [6.45, 7) is 2.21. The number of aliphatic hydroxyl groups is 1. The zero-order chi connectivity index (χ0) is 22.3. The number of aromatic nitrogens is 2. The summed E-state index contributed by atoms with van der Waals surface area (Å²) in [7, 11) is 0. The third kappa shape index (κ3) is 5.90. The maximum absolute atomic E-state index is 12.4. The molecule has 4 rings (SSSR count). The molecule has 1 heterocycles. The molecule has 0 fully saturated rings. The molecule has 164 valence electrons. The molecule has 1 aromatic heterocycles. The Morgan fingerprint density at radius 2 is 1.94 bits per heavy atom. The first-order valence-corrected chi connectivity index (χ1v) is 11.4. The van der Waals surface area contributed by atoms with Gasteiger partial charge in [-0.15, -0.1) is 0 Å². The number of aromatic amines is 1. The van der Waals surface area contributed by atoms with Crippen molar-refractivity contribution < 1.29 is 14.6 Å². The van der Waals surface area contributed by atoms with Crippen molar-refractivity contribution in [3.8, 4) is 5.75 Å². The number of nitrogens with one attached hydrogen (secondary N) is 2. The molecule has 0 spiro atoms. The minimum atomic E-state index is -0.793. The summed E-state index contributed by atoms with van der Waals surface area (Å²) in [6, 6.07) is 23.0. The number of fused-ring (bicyclic) bond motifs is 1. The maximum atomic E-state index is 12.4. The Kier molecular flexibility index (Phi) is 7.09. The third-order valence-electron chi connectivity index (χ3n) is 4.89. The first-order chi connectivity index (χ1) is 15.6. The average Bonchev–Trinajstić information content (AvgIpc) is 3.23. The lowest BCUT2D eigenvalue weighted by Crippen LogP contribution is -2.35. The Balaban J connectivity index is 1.22. The molecule has 1 amide bonds. The van der Waals surface area contributed by atoms with Gasteiger partial charge in [-0.05, 0) is 54.4 Å². The minimum Gasteiger partial charge on any atom is -0.491 e. The van der Waals surface area contributed by atoms with Crippen molar-refractivity contribution in [1.82, 2.24) is 15.3 Å². The van der Waals surface area contributed by atoms with E-state index in [1.807, 2.05) is 67.6 Å². The Morgan fingerprint density at radius 1 is 1.12 bits per heavy atom. The highest BCUT2D eigenvalue weighted by atomic mass is 32.2. The van der Waals surface area contributed by atoms with E-state index in [2.05, 4.69) is 15.3 Å². The second-order valence-electron chi connectivity index (χ2n) is 7.54. The quantitative estimate of drug-likeness (QED) is 0.333. The summed E-state index contributed by atoms with van der Waals surface area (Å²) < 4.78 is 5.57. The highest BCUT2D eigenvalue weighted by Crippen LogP contribution is 2.23. The summed E-state index contributed by atoms with van der Waals surface area (Å²) in [5.74, 6) is 1.22. The van der Waals surface area contributed by atoms with E-state index in [0.29, 0.717) is 11.3 Å². The number of aliphatic hydroxyl groups excluding tert-OH is 1. The molecule has 0 aliphatic rings. The van der Waals surface area contributed by atoms with Gasteiger partial charge in [0, 0.05) is 17.9 Å². The van der Waals surface area contributed by atoms with Gasteiger partial charge >= 0.3 is 0 Å². The number of imidazole rings is 1. The molecule has 3 aromatic carbocycles. The van der Waals surface area contributed by atoms with Crippen LogP contribution >= 0.6 is 11.8 Å². The van der Waals surface area contributed by atoms with E-state index in [0.717, 1.165) is 33.1 Å². The Hall–Kier alpha value is -3.29. The van der Waals surface area contributed by atoms with Crippen molar-refractivity contribution in [2.75, 3.05) is 13.2 Å². The zero-order valence-corrected chi connectivity index (χ0v) is 18.6. The first kappa shape index (κ1) is 21.9. The Bertz CT molecular complexity index is 1160. The summed E-state index contributed by atoms with van der Waals surface area (Å²) in [5.41, 5.74) is 4.71. The first-order valence-electron chi connectivity index (χ1n) is 10.4. The fraction of sp³-hybridized carbons (Fsp3) is 0.200. The van der Waals surface area contributed by atoms with Gasteiger partial charge in [0.25, 0.3) is 5.91 Å². The molecule has 32 heavy (non-hydrogen) atoms. The third-order valence-corrected chi connectivity index (χ3v) is 5.83. The number of aryl methyl sites for hydroxylation is 1. The molecule has 7 heteroatoms. The van der Waals surface area contributed by atoms with Crippen molar-refractivity contribution >= 4 is 28.7 Å². The van der Waals surface area contributed by atoms with Crippen LogP contribution in [0.3, 0.4) is 0 Å². The lowest BCUT2D eigenvalue weighted by Gasteiger charge is -2.14. The van der Waals surface area contributed by atoms with E-state index in [9.17, 15) is 9.90 Å². The largest absolute Gasteiger partial charge is 0.491 e. The fourth-order valence-corrected chi connectivity index (χ4v) is 4.01. The number of benzene rings is 3. The van der Waals surface area contributed by atoms with Crippen LogP contribution < -0.4 is 10.1 Å². The lowest BCUT2D eigenvalue weighted by molar-refractivity contribution is 0.0843. The van der Waals surface area contributed by atoms with Crippen LogP contribution in [0.4, 0.5) is 0 Å². The van der Waals surface area contributed by atoms with Gasteiger partial charge in [0.2, 0.25) is 0 Å². The standard InChI is InChI=1S/C25H25N3O3S/c1-17-5-4-6-21(13-17)31-15-20(29)14-26-24(30)19-11-9-18(10-12-19)16-32-25-27-22-7-2-3-8-23(22)28-25/h2-13,20,29H,14-16H2,1H3,(H,26,30)(H,27,28). The Morgan fingerprint density at radius 3 is 2.72 bits per heavy atom. The lowest BCUT2D eigenvalue weighted by atomic mass is 10.1. The highest BCUT2D eigenvalue weighted by molar-refractivity contribution is 7.98. The van der Waals surface area contributed by atoms with Gasteiger partial charge in [0.05, 0.1) is 11.0 Å². The van der Waals surface area contributed by atoms with Gasteiger partial charge in [-0.3, -0.25) is 4.79 Å². The van der Waals surface area contributed by atoms with Gasteiger partial charge in [-0.1, -0.05) is 48.2 Å². The molecule has 0 aliphatic heterocycles. The van der Waals surface area contributed by atoms with Crippen LogP contribution in [0.1, 0.15) is 21.5 Å². The molecular weight excluding hydrogens is 422 g/mol. The average molecular weight is 448 g/mol. The number of para-hydroxylation sites is 2. The second-order valence-corrected chi connectivity index (χ2v) is 8.50. The Labute approximate surface area is 191 Å². The smallest absolute Gasteiger partial charge is 0.251 e. The summed E-state index contributed by atoms with van der Waals surface area (Å²) in [4.78, 5) is 20.2. The van der Waals surface area contributed by atoms with E-state index in [1.165, 1.54) is 0 Å². The van der Waals surface area contributed by atoms with Gasteiger partial charge in [-0.25, -0.2) is 4.98 Å². The number of carbonyl (C=O) groups excluding carboxylic acids is 1. The summed E-state index contributed by atoms with van der Waals surface area (Å²) >= 11 is 1.62. The van der Waals surface area contributed by atoms with Crippen molar-refractivity contribution in [2.24, 2.45) is 0 Å². The van der Waals surface area contributed by atoms with Crippen molar-refractivity contribution in [2.45, 2.75) is 23.9 Å². The fourth-order valence-electron chi connectivity index (χ4n) is 3.17. The number of ether oxygens (including phenoxy) is 1. The molecule has 0 saturated heterocycles. The molecule has 6 nitrogen and oxygen atoms in total. The number of nitrogens with zero attached hydrogens (tertiary/aromatic N) is 1. The topological polar surface area (TPSA) is 87.2 Å². The van der Waals surface area contributed by atoms with E-state index in [1.54, 1.807) is 23.9 Å². The van der Waals surface area contributed by atoms with Crippen LogP contribution in [0, 0.1) is 6.92 Å². The van der Waals surface area contributed by atoms with Crippen LogP contribution in [0.5, 0.6) is 5.75 Å². The number of thioether (sulfide) groups is 1. The minimum absolute atomic E-state index is 0.113. The monoisotopic (exact) mass is 447 g/mol. The normalized spacial score (nSPS) is 11.9. The maximum Gasteiger partial charge on any atom is 0.251 e. The van der Waals surface area contributed by atoms with E-state index in [-0.39, 0.29) is 19.1 Å². The molecule has 1 atom stereocenters. The van der Waals surface area contributed by atoms with Crippen molar-refractivity contribution in [1.29, 1.82) is 0 Å².